The maximum atomic E-state index is 5.53. The average Bonchev–Trinajstić information content (AvgIpc) is 3.41. The van der Waals surface area contributed by atoms with E-state index >= 15 is 0 Å². The molecular weight excluding hydrogens is 499 g/mol. The van der Waals surface area contributed by atoms with Crippen LogP contribution in [0, 0.1) is 0 Å². The maximum Gasteiger partial charge on any atom is 0.191 e. The first kappa shape index (κ1) is 23.9. The lowest BCUT2D eigenvalue weighted by atomic mass is 10.2. The van der Waals surface area contributed by atoms with Gasteiger partial charge in [-0.3, -0.25) is 9.89 Å². The largest absolute Gasteiger partial charge is 0.469 e. The van der Waals surface area contributed by atoms with Crippen LogP contribution in [0.3, 0.4) is 0 Å². The summed E-state index contributed by atoms with van der Waals surface area (Å²) in [5.74, 6) is 1.78. The van der Waals surface area contributed by atoms with Crippen molar-refractivity contribution >= 4 is 41.3 Å². The first-order valence-electron chi connectivity index (χ1n) is 9.76. The molecule has 0 saturated carbocycles. The molecule has 0 amide bonds. The van der Waals surface area contributed by atoms with Crippen LogP contribution in [-0.2, 0) is 11.2 Å². The fraction of sp³-hybridized carbons (Fsp3) is 0.476. The number of hydrogen-bond donors (Lipinski definition) is 2. The summed E-state index contributed by atoms with van der Waals surface area (Å²) in [5, 5.41) is 8.92. The summed E-state index contributed by atoms with van der Waals surface area (Å²) in [6.07, 6.45) is 2.52. The topological polar surface area (TPSA) is 62.0 Å². The Kier molecular flexibility index (Phi) is 10.8. The highest BCUT2D eigenvalue weighted by atomic mass is 127. The molecule has 1 fully saturated rings. The summed E-state index contributed by atoms with van der Waals surface area (Å²) in [6.45, 7) is 11.6. The molecule has 6 nitrogen and oxygen atoms in total. The molecule has 1 saturated heterocycles. The fourth-order valence-electron chi connectivity index (χ4n) is 3.10. The minimum atomic E-state index is 0. The standard InChI is InChI=1S/C21H30N4O2S.HI/c1-17(2)15-23-21(22-8-7-18-5-3-11-27-18)24-16-19(20-6-4-14-28-20)25-9-12-26-13-10-25;/h3-6,11,14,19H,1,7-10,12-13,15-16H2,2H3,(H2,22,23,24);1H. The Morgan fingerprint density at radius 3 is 2.76 bits per heavy atom. The fourth-order valence-corrected chi connectivity index (χ4v) is 3.95. The van der Waals surface area contributed by atoms with Crippen molar-refractivity contribution in [2.75, 3.05) is 45.9 Å². The van der Waals surface area contributed by atoms with E-state index in [1.165, 1.54) is 4.88 Å². The Labute approximate surface area is 194 Å². The summed E-state index contributed by atoms with van der Waals surface area (Å²) in [7, 11) is 0. The van der Waals surface area contributed by atoms with Crippen LogP contribution in [0.4, 0.5) is 0 Å². The van der Waals surface area contributed by atoms with Gasteiger partial charge in [-0.1, -0.05) is 18.2 Å². The molecule has 1 atom stereocenters. The van der Waals surface area contributed by atoms with Gasteiger partial charge in [0.05, 0.1) is 32.1 Å². The van der Waals surface area contributed by atoms with E-state index in [2.05, 4.69) is 39.6 Å². The maximum absolute atomic E-state index is 5.53. The molecule has 1 aliphatic rings. The zero-order chi connectivity index (χ0) is 19.6. The van der Waals surface area contributed by atoms with Gasteiger partial charge in [0.15, 0.2) is 5.96 Å². The molecule has 8 heteroatoms. The number of furan rings is 1. The van der Waals surface area contributed by atoms with E-state index in [0.29, 0.717) is 13.1 Å². The van der Waals surface area contributed by atoms with Crippen molar-refractivity contribution in [1.82, 2.24) is 15.5 Å². The normalized spacial score (nSPS) is 16.1. The second-order valence-electron chi connectivity index (χ2n) is 6.94. The van der Waals surface area contributed by atoms with Crippen molar-refractivity contribution in [3.63, 3.8) is 0 Å². The number of nitrogens with zero attached hydrogens (tertiary/aromatic N) is 2. The van der Waals surface area contributed by atoms with Gasteiger partial charge in [-0.2, -0.15) is 0 Å². The lowest BCUT2D eigenvalue weighted by Gasteiger charge is -2.33. The van der Waals surface area contributed by atoms with Gasteiger partial charge in [0.1, 0.15) is 5.76 Å². The molecule has 0 bridgehead atoms. The molecule has 1 aliphatic heterocycles. The van der Waals surface area contributed by atoms with E-state index in [0.717, 1.165) is 56.6 Å². The molecular formula is C21H31IN4O2S. The molecule has 3 heterocycles. The Morgan fingerprint density at radius 2 is 2.10 bits per heavy atom. The summed E-state index contributed by atoms with van der Waals surface area (Å²) >= 11 is 1.79. The van der Waals surface area contributed by atoms with Crippen LogP contribution in [0.5, 0.6) is 0 Å². The Morgan fingerprint density at radius 1 is 1.28 bits per heavy atom. The van der Waals surface area contributed by atoms with Gasteiger partial charge >= 0.3 is 0 Å². The smallest absolute Gasteiger partial charge is 0.191 e. The first-order valence-corrected chi connectivity index (χ1v) is 10.6. The number of halogens is 1. The third-order valence-electron chi connectivity index (χ3n) is 4.58. The summed E-state index contributed by atoms with van der Waals surface area (Å²) in [4.78, 5) is 8.71. The highest BCUT2D eigenvalue weighted by molar-refractivity contribution is 14.0. The van der Waals surface area contributed by atoms with Crippen LogP contribution in [-0.4, -0.2) is 56.8 Å². The van der Waals surface area contributed by atoms with Gasteiger partial charge in [0, 0.05) is 37.5 Å². The second-order valence-corrected chi connectivity index (χ2v) is 7.91. The predicted molar refractivity (Wildman–Crippen MR) is 130 cm³/mol. The summed E-state index contributed by atoms with van der Waals surface area (Å²) in [6, 6.07) is 8.49. The third kappa shape index (κ3) is 8.12. The SMILES string of the molecule is C=C(C)CNC(=NCC(c1cccs1)N1CCOCC1)NCCc1ccco1.I. The van der Waals surface area contributed by atoms with E-state index in [-0.39, 0.29) is 30.0 Å². The van der Waals surface area contributed by atoms with E-state index in [4.69, 9.17) is 14.1 Å². The molecule has 3 rings (SSSR count). The van der Waals surface area contributed by atoms with Crippen molar-refractivity contribution < 1.29 is 9.15 Å². The van der Waals surface area contributed by atoms with Crippen LogP contribution in [0.2, 0.25) is 0 Å². The minimum Gasteiger partial charge on any atom is -0.469 e. The van der Waals surface area contributed by atoms with Crippen LogP contribution >= 0.6 is 35.3 Å². The number of hydrogen-bond acceptors (Lipinski definition) is 5. The second kappa shape index (κ2) is 13.0. The Balaban J connectivity index is 0.00000300. The predicted octanol–water partition coefficient (Wildman–Crippen LogP) is 3.69. The highest BCUT2D eigenvalue weighted by Gasteiger charge is 2.23. The molecule has 2 aromatic heterocycles. The number of nitrogens with one attached hydrogen (secondary N) is 2. The zero-order valence-electron chi connectivity index (χ0n) is 16.9. The number of aliphatic imine (C=N–C) groups is 1. The van der Waals surface area contributed by atoms with E-state index < -0.39 is 0 Å². The third-order valence-corrected chi connectivity index (χ3v) is 5.56. The lowest BCUT2D eigenvalue weighted by Crippen LogP contribution is -2.42. The van der Waals surface area contributed by atoms with E-state index in [1.54, 1.807) is 17.6 Å². The van der Waals surface area contributed by atoms with Crippen LogP contribution in [0.15, 0.2) is 57.5 Å². The first-order chi connectivity index (χ1) is 13.7. The van der Waals surface area contributed by atoms with Crippen molar-refractivity contribution in [2.45, 2.75) is 19.4 Å². The molecule has 2 N–H and O–H groups in total. The monoisotopic (exact) mass is 530 g/mol. The quantitative estimate of drug-likeness (QED) is 0.224. The molecule has 2 aromatic rings. The Bertz CT molecular complexity index is 728. The number of ether oxygens (including phenoxy) is 1. The van der Waals surface area contributed by atoms with Gasteiger partial charge in [-0.15, -0.1) is 35.3 Å². The summed E-state index contributed by atoms with van der Waals surface area (Å²) < 4.78 is 10.9. The average molecular weight is 530 g/mol. The summed E-state index contributed by atoms with van der Waals surface area (Å²) in [5.41, 5.74) is 1.07. The number of rotatable bonds is 9. The number of morpholine rings is 1. The van der Waals surface area contributed by atoms with Crippen LogP contribution < -0.4 is 10.6 Å². The molecule has 0 spiro atoms. The molecule has 0 aromatic carbocycles. The number of guanidine groups is 1. The zero-order valence-corrected chi connectivity index (χ0v) is 20.1. The molecule has 0 aliphatic carbocycles. The molecule has 160 valence electrons. The van der Waals surface area contributed by atoms with E-state index in [9.17, 15) is 0 Å². The van der Waals surface area contributed by atoms with Gasteiger partial charge in [-0.25, -0.2) is 0 Å². The van der Waals surface area contributed by atoms with Crippen molar-refractivity contribution in [2.24, 2.45) is 4.99 Å². The van der Waals surface area contributed by atoms with Gasteiger partial charge in [-0.05, 0) is 30.5 Å². The Hall–Kier alpha value is -1.36. The lowest BCUT2D eigenvalue weighted by molar-refractivity contribution is 0.0186. The minimum absolute atomic E-state index is 0. The van der Waals surface area contributed by atoms with Crippen molar-refractivity contribution in [1.29, 1.82) is 0 Å². The van der Waals surface area contributed by atoms with Gasteiger partial charge in [0.2, 0.25) is 0 Å². The van der Waals surface area contributed by atoms with Crippen LogP contribution in [0.25, 0.3) is 0 Å². The highest BCUT2D eigenvalue weighted by Crippen LogP contribution is 2.26. The van der Waals surface area contributed by atoms with Crippen LogP contribution in [0.1, 0.15) is 23.6 Å². The van der Waals surface area contributed by atoms with Crippen molar-refractivity contribution in [3.05, 3.63) is 58.7 Å². The molecule has 1 unspecified atom stereocenters. The number of thiophene rings is 1. The van der Waals surface area contributed by atoms with Gasteiger partial charge < -0.3 is 19.8 Å². The molecule has 0 radical (unpaired) electrons. The van der Waals surface area contributed by atoms with Gasteiger partial charge in [0.25, 0.3) is 0 Å². The van der Waals surface area contributed by atoms with E-state index in [1.807, 2.05) is 19.1 Å². The van der Waals surface area contributed by atoms with Crippen molar-refractivity contribution in [3.8, 4) is 0 Å². The molecule has 29 heavy (non-hydrogen) atoms.